The summed E-state index contributed by atoms with van der Waals surface area (Å²) in [6, 6.07) is 8.35. The van der Waals surface area contributed by atoms with Crippen molar-refractivity contribution in [2.75, 3.05) is 13.6 Å². The fourth-order valence-electron chi connectivity index (χ4n) is 2.36. The Bertz CT molecular complexity index is 428. The zero-order valence-corrected chi connectivity index (χ0v) is 11.3. The van der Waals surface area contributed by atoms with E-state index in [1.165, 1.54) is 11.1 Å². The number of fused-ring (bicyclic) bond motifs is 1. The molecule has 0 aliphatic carbocycles. The lowest BCUT2D eigenvalue weighted by atomic mass is 9.99. The Morgan fingerprint density at radius 3 is 2.72 bits per heavy atom. The highest BCUT2D eigenvalue weighted by molar-refractivity contribution is 5.77. The van der Waals surface area contributed by atoms with Gasteiger partial charge in [-0.2, -0.15) is 0 Å². The Labute approximate surface area is 109 Å². The third kappa shape index (κ3) is 2.91. The number of likely N-dealkylation sites (N-methyl/N-ethyl adjacent to an activating group) is 1. The Hall–Kier alpha value is -1.35. The summed E-state index contributed by atoms with van der Waals surface area (Å²) in [5, 5.41) is 0. The molecule has 0 bridgehead atoms. The molecule has 0 fully saturated rings. The van der Waals surface area contributed by atoms with Crippen molar-refractivity contribution in [3.05, 3.63) is 35.4 Å². The second-order valence-corrected chi connectivity index (χ2v) is 5.28. The summed E-state index contributed by atoms with van der Waals surface area (Å²) >= 11 is 0. The maximum Gasteiger partial charge on any atom is 0.224 e. The van der Waals surface area contributed by atoms with Crippen LogP contribution in [0.15, 0.2) is 24.3 Å². The first kappa shape index (κ1) is 13.1. The number of carbonyl (C=O) groups is 1. The van der Waals surface area contributed by atoms with E-state index in [2.05, 4.69) is 18.2 Å². The largest absolute Gasteiger partial charge is 0.371 e. The van der Waals surface area contributed by atoms with Crippen LogP contribution in [0.3, 0.4) is 0 Å². The molecule has 98 valence electrons. The summed E-state index contributed by atoms with van der Waals surface area (Å²) in [7, 11) is 1.85. The summed E-state index contributed by atoms with van der Waals surface area (Å²) in [6.07, 6.45) is 1.01. The molecule has 0 spiro atoms. The number of nitrogens with zero attached hydrogens (tertiary/aromatic N) is 1. The fraction of sp³-hybridized carbons (Fsp3) is 0.533. The summed E-state index contributed by atoms with van der Waals surface area (Å²) in [4.78, 5) is 13.6. The van der Waals surface area contributed by atoms with Gasteiger partial charge in [0.15, 0.2) is 0 Å². The third-order valence-electron chi connectivity index (χ3n) is 3.39. The standard InChI is InChI=1S/C15H21NO2/c1-11(2)15(17)16(3)9-14-8-12-6-4-5-7-13(12)10-18-14/h4-7,11,14H,8-10H2,1-3H3. The Balaban J connectivity index is 1.96. The predicted molar refractivity (Wildman–Crippen MR) is 71.2 cm³/mol. The van der Waals surface area contributed by atoms with Gasteiger partial charge in [-0.25, -0.2) is 0 Å². The second kappa shape index (κ2) is 5.53. The zero-order chi connectivity index (χ0) is 13.1. The van der Waals surface area contributed by atoms with Gasteiger partial charge in [-0.15, -0.1) is 0 Å². The van der Waals surface area contributed by atoms with Crippen molar-refractivity contribution >= 4 is 5.91 Å². The molecule has 0 aromatic heterocycles. The normalized spacial score (nSPS) is 18.6. The van der Waals surface area contributed by atoms with E-state index < -0.39 is 0 Å². The van der Waals surface area contributed by atoms with E-state index in [0.29, 0.717) is 13.2 Å². The van der Waals surface area contributed by atoms with E-state index in [4.69, 9.17) is 4.74 Å². The van der Waals surface area contributed by atoms with E-state index >= 15 is 0 Å². The lowest BCUT2D eigenvalue weighted by Gasteiger charge is -2.29. The van der Waals surface area contributed by atoms with Crippen molar-refractivity contribution in [3.8, 4) is 0 Å². The zero-order valence-electron chi connectivity index (χ0n) is 11.3. The number of rotatable bonds is 3. The number of carbonyl (C=O) groups excluding carboxylic acids is 1. The maximum absolute atomic E-state index is 11.8. The number of amides is 1. The number of ether oxygens (including phenoxy) is 1. The average molecular weight is 247 g/mol. The van der Waals surface area contributed by atoms with Gasteiger partial charge >= 0.3 is 0 Å². The van der Waals surface area contributed by atoms with Gasteiger partial charge in [0.25, 0.3) is 0 Å². The summed E-state index contributed by atoms with van der Waals surface area (Å²) in [6.45, 7) is 5.18. The van der Waals surface area contributed by atoms with Crippen LogP contribution in [0, 0.1) is 5.92 Å². The molecule has 1 amide bonds. The van der Waals surface area contributed by atoms with Crippen LogP contribution in [0.25, 0.3) is 0 Å². The Morgan fingerprint density at radius 2 is 2.06 bits per heavy atom. The predicted octanol–water partition coefficient (Wildman–Crippen LogP) is 2.24. The molecule has 0 radical (unpaired) electrons. The molecule has 1 atom stereocenters. The maximum atomic E-state index is 11.8. The molecule has 1 unspecified atom stereocenters. The Morgan fingerprint density at radius 1 is 1.39 bits per heavy atom. The van der Waals surface area contributed by atoms with Crippen LogP contribution in [0.5, 0.6) is 0 Å². The lowest BCUT2D eigenvalue weighted by Crippen LogP contribution is -2.39. The van der Waals surface area contributed by atoms with Crippen LogP contribution in [0.4, 0.5) is 0 Å². The SMILES string of the molecule is CC(C)C(=O)N(C)CC1Cc2ccccc2CO1. The van der Waals surface area contributed by atoms with Crippen molar-refractivity contribution in [1.29, 1.82) is 0 Å². The minimum absolute atomic E-state index is 0.0471. The monoisotopic (exact) mass is 247 g/mol. The number of hydrogen-bond donors (Lipinski definition) is 0. The lowest BCUT2D eigenvalue weighted by molar-refractivity contribution is -0.135. The molecule has 1 aromatic rings. The van der Waals surface area contributed by atoms with Crippen LogP contribution < -0.4 is 0 Å². The first-order valence-electron chi connectivity index (χ1n) is 6.51. The first-order valence-corrected chi connectivity index (χ1v) is 6.51. The highest BCUT2D eigenvalue weighted by Crippen LogP contribution is 2.20. The van der Waals surface area contributed by atoms with E-state index in [-0.39, 0.29) is 17.9 Å². The van der Waals surface area contributed by atoms with Crippen molar-refractivity contribution in [2.24, 2.45) is 5.92 Å². The van der Waals surface area contributed by atoms with Gasteiger partial charge in [-0.05, 0) is 11.1 Å². The summed E-state index contributed by atoms with van der Waals surface area (Å²) in [5.74, 6) is 0.225. The molecule has 0 saturated heterocycles. The molecule has 0 saturated carbocycles. The second-order valence-electron chi connectivity index (χ2n) is 5.28. The summed E-state index contributed by atoms with van der Waals surface area (Å²) < 4.78 is 5.81. The van der Waals surface area contributed by atoms with Crippen molar-refractivity contribution in [1.82, 2.24) is 4.90 Å². The van der Waals surface area contributed by atoms with Gasteiger partial charge in [0.1, 0.15) is 0 Å². The van der Waals surface area contributed by atoms with Gasteiger partial charge in [0.2, 0.25) is 5.91 Å². The van der Waals surface area contributed by atoms with Crippen LogP contribution >= 0.6 is 0 Å². The van der Waals surface area contributed by atoms with Crippen molar-refractivity contribution in [2.45, 2.75) is 33.0 Å². The summed E-state index contributed by atoms with van der Waals surface area (Å²) in [5.41, 5.74) is 2.62. The van der Waals surface area contributed by atoms with E-state index in [1.807, 2.05) is 27.0 Å². The van der Waals surface area contributed by atoms with Crippen LogP contribution in [0.2, 0.25) is 0 Å². The topological polar surface area (TPSA) is 29.5 Å². The first-order chi connectivity index (χ1) is 8.58. The van der Waals surface area contributed by atoms with Gasteiger partial charge in [0, 0.05) is 25.9 Å². The van der Waals surface area contributed by atoms with Crippen LogP contribution in [0.1, 0.15) is 25.0 Å². The minimum Gasteiger partial charge on any atom is -0.371 e. The molecule has 1 aliphatic heterocycles. The van der Waals surface area contributed by atoms with Crippen LogP contribution in [-0.4, -0.2) is 30.5 Å². The molecular formula is C15H21NO2. The highest BCUT2D eigenvalue weighted by Gasteiger charge is 2.22. The molecule has 2 rings (SSSR count). The number of hydrogen-bond acceptors (Lipinski definition) is 2. The van der Waals surface area contributed by atoms with Gasteiger partial charge < -0.3 is 9.64 Å². The highest BCUT2D eigenvalue weighted by atomic mass is 16.5. The minimum atomic E-state index is 0.0471. The molecule has 1 heterocycles. The Kier molecular flexibility index (Phi) is 4.02. The molecular weight excluding hydrogens is 226 g/mol. The molecule has 18 heavy (non-hydrogen) atoms. The van der Waals surface area contributed by atoms with E-state index in [0.717, 1.165) is 6.42 Å². The van der Waals surface area contributed by atoms with Crippen molar-refractivity contribution < 1.29 is 9.53 Å². The van der Waals surface area contributed by atoms with Gasteiger partial charge in [-0.1, -0.05) is 38.1 Å². The molecule has 3 nitrogen and oxygen atoms in total. The number of benzene rings is 1. The molecule has 1 aromatic carbocycles. The van der Waals surface area contributed by atoms with E-state index in [9.17, 15) is 4.79 Å². The fourth-order valence-corrected chi connectivity index (χ4v) is 2.36. The van der Waals surface area contributed by atoms with Crippen molar-refractivity contribution in [3.63, 3.8) is 0 Å². The van der Waals surface area contributed by atoms with Crippen LogP contribution in [-0.2, 0) is 22.6 Å². The van der Waals surface area contributed by atoms with E-state index in [1.54, 1.807) is 4.90 Å². The smallest absolute Gasteiger partial charge is 0.224 e. The quantitative estimate of drug-likeness (QED) is 0.820. The van der Waals surface area contributed by atoms with Gasteiger partial charge in [0.05, 0.1) is 12.7 Å². The average Bonchev–Trinajstić information content (AvgIpc) is 2.37. The van der Waals surface area contributed by atoms with Gasteiger partial charge in [-0.3, -0.25) is 4.79 Å². The molecule has 0 N–H and O–H groups in total. The molecule has 3 heteroatoms. The third-order valence-corrected chi connectivity index (χ3v) is 3.39. The molecule has 1 aliphatic rings.